The highest BCUT2D eigenvalue weighted by Gasteiger charge is 2.26. The lowest BCUT2D eigenvalue weighted by molar-refractivity contribution is 0.236. The lowest BCUT2D eigenvalue weighted by atomic mass is 10.1. The van der Waals surface area contributed by atoms with Crippen molar-refractivity contribution >= 4 is 33.0 Å². The van der Waals surface area contributed by atoms with Crippen molar-refractivity contribution in [3.8, 4) is 22.2 Å². The Morgan fingerprint density at radius 1 is 1.19 bits per heavy atom. The van der Waals surface area contributed by atoms with Crippen molar-refractivity contribution in [1.82, 2.24) is 20.3 Å². The first-order chi connectivity index (χ1) is 17.0. The van der Waals surface area contributed by atoms with Crippen LogP contribution in [0.5, 0.6) is 11.6 Å². The van der Waals surface area contributed by atoms with E-state index in [0.29, 0.717) is 35.1 Å². The molecule has 15 heteroatoms. The molecule has 2 aromatic heterocycles. The molecule has 0 amide bonds. The van der Waals surface area contributed by atoms with E-state index in [4.69, 9.17) is 4.74 Å². The van der Waals surface area contributed by atoms with E-state index in [1.807, 2.05) is 0 Å². The number of thiazole rings is 1. The fourth-order valence-electron chi connectivity index (χ4n) is 3.53. The van der Waals surface area contributed by atoms with Crippen LogP contribution < -0.4 is 20.1 Å². The van der Waals surface area contributed by atoms with Crippen LogP contribution in [0.15, 0.2) is 24.4 Å². The molecule has 3 aromatic rings. The molecule has 2 atom stereocenters. The van der Waals surface area contributed by atoms with Crippen LogP contribution in [-0.2, 0) is 10.0 Å². The van der Waals surface area contributed by atoms with Crippen LogP contribution in [-0.4, -0.2) is 54.4 Å². The van der Waals surface area contributed by atoms with Crippen LogP contribution >= 0.6 is 11.3 Å². The number of ether oxygens (including phenoxy) is 1. The number of benzene rings is 1. The van der Waals surface area contributed by atoms with Gasteiger partial charge in [-0.3, -0.25) is 4.72 Å². The lowest BCUT2D eigenvalue weighted by Crippen LogP contribution is -2.44. The van der Waals surface area contributed by atoms with Gasteiger partial charge in [-0.1, -0.05) is 0 Å². The van der Waals surface area contributed by atoms with Crippen molar-refractivity contribution in [2.24, 2.45) is 0 Å². The van der Waals surface area contributed by atoms with E-state index in [1.54, 1.807) is 17.7 Å². The number of halogens is 4. The zero-order valence-electron chi connectivity index (χ0n) is 19.1. The van der Waals surface area contributed by atoms with Crippen molar-refractivity contribution in [2.75, 3.05) is 23.1 Å². The Morgan fingerprint density at radius 3 is 2.69 bits per heavy atom. The summed E-state index contributed by atoms with van der Waals surface area (Å²) in [5.74, 6) is -4.57. The van der Waals surface area contributed by atoms with Gasteiger partial charge >= 0.3 is 5.76 Å². The van der Waals surface area contributed by atoms with Gasteiger partial charge in [0.25, 0.3) is 10.0 Å². The van der Waals surface area contributed by atoms with Crippen LogP contribution in [0, 0.1) is 19.7 Å². The predicted octanol–water partition coefficient (Wildman–Crippen LogP) is 4.22. The Morgan fingerprint density at radius 2 is 1.97 bits per heavy atom. The molecule has 0 saturated carbocycles. The van der Waals surface area contributed by atoms with Gasteiger partial charge in [0, 0.05) is 37.3 Å². The topological polar surface area (TPSA) is 118 Å². The first-order valence-corrected chi connectivity index (χ1v) is 13.1. The highest BCUT2D eigenvalue weighted by molar-refractivity contribution is 7.93. The summed E-state index contributed by atoms with van der Waals surface area (Å²) in [4.78, 5) is 13.4. The first kappa shape index (κ1) is 26.0. The normalized spacial score (nSPS) is 18.3. The second-order valence-corrected chi connectivity index (χ2v) is 10.9. The average Bonchev–Trinajstić information content (AvgIpc) is 3.19. The molecule has 0 bridgehead atoms. The molecule has 0 unspecified atom stereocenters. The number of nitrogens with one attached hydrogen (secondary N) is 3. The Labute approximate surface area is 208 Å². The average molecular weight is 547 g/mol. The SMILES string of the molecule is Cc1nc(Oc2ccc(NS(=O)(=O)C(F)F)c(C)c2F)c(-c2ccnc(N[C@@H]3CNC[C@@H](F)C3)n2)s1. The van der Waals surface area contributed by atoms with Gasteiger partial charge in [0.05, 0.1) is 16.4 Å². The van der Waals surface area contributed by atoms with E-state index in [2.05, 4.69) is 25.6 Å². The number of aryl methyl sites for hydroxylation is 1. The van der Waals surface area contributed by atoms with Crippen LogP contribution in [0.25, 0.3) is 10.6 Å². The quantitative estimate of drug-likeness (QED) is 0.360. The van der Waals surface area contributed by atoms with Gasteiger partial charge in [0.2, 0.25) is 11.8 Å². The minimum absolute atomic E-state index is 0.0458. The highest BCUT2D eigenvalue weighted by Crippen LogP contribution is 2.39. The third kappa shape index (κ3) is 5.84. The number of piperidine rings is 1. The molecule has 1 fully saturated rings. The number of aromatic nitrogens is 3. The van der Waals surface area contributed by atoms with Crippen LogP contribution in [0.2, 0.25) is 0 Å². The van der Waals surface area contributed by atoms with Crippen LogP contribution in [0.1, 0.15) is 17.0 Å². The minimum Gasteiger partial charge on any atom is -0.434 e. The molecule has 36 heavy (non-hydrogen) atoms. The molecule has 4 rings (SSSR count). The van der Waals surface area contributed by atoms with Crippen molar-refractivity contribution in [2.45, 2.75) is 38.2 Å². The molecule has 3 heterocycles. The minimum atomic E-state index is -4.97. The summed E-state index contributed by atoms with van der Waals surface area (Å²) in [6.07, 6.45) is 0.858. The van der Waals surface area contributed by atoms with Gasteiger partial charge in [-0.15, -0.1) is 11.3 Å². The molecule has 1 aromatic carbocycles. The molecule has 1 saturated heterocycles. The number of hydrogen-bond acceptors (Lipinski definition) is 9. The van der Waals surface area contributed by atoms with Gasteiger partial charge in [0.15, 0.2) is 11.6 Å². The second kappa shape index (κ2) is 10.5. The summed E-state index contributed by atoms with van der Waals surface area (Å²) in [7, 11) is -4.97. The van der Waals surface area contributed by atoms with Crippen molar-refractivity contribution < 1.29 is 30.7 Å². The van der Waals surface area contributed by atoms with Gasteiger partial charge in [0.1, 0.15) is 11.0 Å². The smallest absolute Gasteiger partial charge is 0.355 e. The monoisotopic (exact) mass is 546 g/mol. The Kier molecular flexibility index (Phi) is 7.61. The molecule has 0 spiro atoms. The van der Waals surface area contributed by atoms with E-state index in [1.165, 1.54) is 24.5 Å². The third-order valence-electron chi connectivity index (χ3n) is 5.27. The van der Waals surface area contributed by atoms with E-state index in [9.17, 15) is 26.0 Å². The van der Waals surface area contributed by atoms with Gasteiger partial charge in [-0.05, 0) is 32.0 Å². The predicted molar refractivity (Wildman–Crippen MR) is 127 cm³/mol. The number of nitrogens with zero attached hydrogens (tertiary/aromatic N) is 3. The van der Waals surface area contributed by atoms with Crippen LogP contribution in [0.3, 0.4) is 0 Å². The molecule has 0 radical (unpaired) electrons. The lowest BCUT2D eigenvalue weighted by Gasteiger charge is -2.26. The summed E-state index contributed by atoms with van der Waals surface area (Å²) in [5, 5.41) is 6.69. The van der Waals surface area contributed by atoms with E-state index in [-0.39, 0.29) is 34.9 Å². The molecule has 194 valence electrons. The molecular weight excluding hydrogens is 524 g/mol. The van der Waals surface area contributed by atoms with E-state index < -0.39 is 27.8 Å². The van der Waals surface area contributed by atoms with Gasteiger partial charge < -0.3 is 15.4 Å². The number of sulfonamides is 1. The van der Waals surface area contributed by atoms with Crippen molar-refractivity contribution in [3.05, 3.63) is 40.8 Å². The number of hydrogen-bond donors (Lipinski definition) is 3. The summed E-state index contributed by atoms with van der Waals surface area (Å²) < 4.78 is 84.3. The van der Waals surface area contributed by atoms with Crippen LogP contribution in [0.4, 0.5) is 29.2 Å². The second-order valence-electron chi connectivity index (χ2n) is 8.03. The standard InChI is InChI=1S/C21H22F4N6O3S2/c1-10-14(31-36(32,33)20(24)25)3-4-16(17(10)23)34-19-18(35-11(2)28-19)15-5-6-27-21(30-15)29-13-7-12(22)8-26-9-13/h3-6,12-13,20,26,31H,7-9H2,1-2H3,(H,27,29,30)/t12-,13-/m0/s1. The summed E-state index contributed by atoms with van der Waals surface area (Å²) in [5.41, 5.74) is -0.132. The first-order valence-electron chi connectivity index (χ1n) is 10.7. The van der Waals surface area contributed by atoms with Crippen molar-refractivity contribution in [1.29, 1.82) is 0 Å². The maximum Gasteiger partial charge on any atom is 0.355 e. The van der Waals surface area contributed by atoms with E-state index in [0.717, 1.165) is 12.1 Å². The zero-order chi connectivity index (χ0) is 26.0. The number of anilines is 2. The molecule has 1 aliphatic heterocycles. The maximum absolute atomic E-state index is 15.0. The Hall–Kier alpha value is -3.04. The fraction of sp³-hybridized carbons (Fsp3) is 0.381. The Bertz CT molecular complexity index is 1360. The summed E-state index contributed by atoms with van der Waals surface area (Å²) in [6.45, 7) is 3.81. The van der Waals surface area contributed by atoms with Gasteiger partial charge in [-0.2, -0.15) is 8.78 Å². The summed E-state index contributed by atoms with van der Waals surface area (Å²) in [6, 6.07) is 3.66. The molecular formula is C21H22F4N6O3S2. The van der Waals surface area contributed by atoms with E-state index >= 15 is 0 Å². The van der Waals surface area contributed by atoms with Crippen molar-refractivity contribution in [3.63, 3.8) is 0 Å². The maximum atomic E-state index is 15.0. The molecule has 3 N–H and O–H groups in total. The summed E-state index contributed by atoms with van der Waals surface area (Å²) >= 11 is 1.24. The number of rotatable bonds is 8. The molecule has 0 aliphatic carbocycles. The largest absolute Gasteiger partial charge is 0.434 e. The Balaban J connectivity index is 1.58. The van der Waals surface area contributed by atoms with Gasteiger partial charge in [-0.25, -0.2) is 32.2 Å². The molecule has 9 nitrogen and oxygen atoms in total. The fourth-order valence-corrected chi connectivity index (χ4v) is 4.96. The highest BCUT2D eigenvalue weighted by atomic mass is 32.2. The molecule has 1 aliphatic rings. The number of alkyl halides is 3. The third-order valence-corrected chi connectivity index (χ3v) is 7.21. The zero-order valence-corrected chi connectivity index (χ0v) is 20.7.